The highest BCUT2D eigenvalue weighted by Gasteiger charge is 2.35. The molecule has 25 heavy (non-hydrogen) atoms. The van der Waals surface area contributed by atoms with Crippen molar-refractivity contribution in [2.24, 2.45) is 0 Å². The minimum Gasteiger partial charge on any atom is -0.478 e. The maximum absolute atomic E-state index is 12.9. The average molecular weight is 359 g/mol. The summed E-state index contributed by atoms with van der Waals surface area (Å²) in [5.74, 6) is -1.98. The lowest BCUT2D eigenvalue weighted by atomic mass is 10.2. The highest BCUT2D eigenvalue weighted by molar-refractivity contribution is 5.96. The van der Waals surface area contributed by atoms with Crippen LogP contribution in [0.3, 0.4) is 0 Å². The molecule has 0 saturated carbocycles. The second kappa shape index (κ2) is 6.26. The predicted octanol–water partition coefficient (Wildman–Crippen LogP) is 2.80. The number of anilines is 1. The van der Waals surface area contributed by atoms with Gasteiger partial charge in [0.05, 0.1) is 11.1 Å². The number of pyridine rings is 1. The highest BCUT2D eigenvalue weighted by atomic mass is 19.4. The summed E-state index contributed by atoms with van der Waals surface area (Å²) in [4.78, 5) is 22.9. The van der Waals surface area contributed by atoms with Gasteiger partial charge < -0.3 is 15.2 Å². The van der Waals surface area contributed by atoms with Crippen molar-refractivity contribution in [1.82, 2.24) is 9.61 Å². The van der Waals surface area contributed by atoms with Gasteiger partial charge in [0.15, 0.2) is 5.69 Å². The number of carboxylic acid groups (broad SMARTS) is 1. The van der Waals surface area contributed by atoms with Crippen molar-refractivity contribution in [1.29, 1.82) is 0 Å². The largest absolute Gasteiger partial charge is 0.478 e. The number of halogens is 3. The van der Waals surface area contributed by atoms with E-state index in [1.54, 1.807) is 20.8 Å². The summed E-state index contributed by atoms with van der Waals surface area (Å²) < 4.78 is 44.5. The molecule has 0 fully saturated rings. The van der Waals surface area contributed by atoms with Crippen molar-refractivity contribution in [3.63, 3.8) is 0 Å². The Hall–Kier alpha value is -2.78. The summed E-state index contributed by atoms with van der Waals surface area (Å²) in [6.07, 6.45) is -4.73. The number of hydrogen-bond acceptors (Lipinski definition) is 5. The maximum atomic E-state index is 12.9. The third-order valence-corrected chi connectivity index (χ3v) is 2.98. The number of carboxylic acids is 1. The zero-order valence-electron chi connectivity index (χ0n) is 13.6. The minimum absolute atomic E-state index is 0.0290. The normalized spacial score (nSPS) is 12.2. The summed E-state index contributed by atoms with van der Waals surface area (Å²) in [6, 6.07) is 3.01. The fourth-order valence-electron chi connectivity index (χ4n) is 2.07. The van der Waals surface area contributed by atoms with Gasteiger partial charge in [-0.2, -0.15) is 18.3 Å². The first-order valence-electron chi connectivity index (χ1n) is 7.17. The van der Waals surface area contributed by atoms with Crippen LogP contribution in [0.5, 0.6) is 0 Å². The predicted molar refractivity (Wildman–Crippen MR) is 81.5 cm³/mol. The summed E-state index contributed by atoms with van der Waals surface area (Å²) in [7, 11) is 0. The molecule has 0 aliphatic carbocycles. The van der Waals surface area contributed by atoms with E-state index < -0.39 is 29.4 Å². The minimum atomic E-state index is -4.73. The number of nitrogens with one attached hydrogen (secondary N) is 1. The summed E-state index contributed by atoms with van der Waals surface area (Å²) in [5.41, 5.74) is -2.53. The molecule has 10 heteroatoms. The van der Waals surface area contributed by atoms with Crippen LogP contribution >= 0.6 is 0 Å². The van der Waals surface area contributed by atoms with Gasteiger partial charge in [0.25, 0.3) is 0 Å². The molecule has 0 unspecified atom stereocenters. The van der Waals surface area contributed by atoms with Crippen LogP contribution in [0.4, 0.5) is 19.0 Å². The molecule has 0 aliphatic rings. The molecule has 0 atom stereocenters. The van der Waals surface area contributed by atoms with Crippen LogP contribution in [0, 0.1) is 0 Å². The Morgan fingerprint density at radius 2 is 1.92 bits per heavy atom. The van der Waals surface area contributed by atoms with Crippen LogP contribution in [0.2, 0.25) is 0 Å². The molecule has 136 valence electrons. The Morgan fingerprint density at radius 1 is 1.28 bits per heavy atom. The van der Waals surface area contributed by atoms with E-state index in [9.17, 15) is 22.8 Å². The van der Waals surface area contributed by atoms with Crippen LogP contribution in [-0.4, -0.2) is 38.8 Å². The molecule has 2 rings (SSSR count). The Kier molecular flexibility index (Phi) is 4.65. The van der Waals surface area contributed by atoms with Gasteiger partial charge in [0.2, 0.25) is 0 Å². The number of alkyl halides is 3. The molecule has 0 aromatic carbocycles. The van der Waals surface area contributed by atoms with Gasteiger partial charge in [0, 0.05) is 0 Å². The van der Waals surface area contributed by atoms with Crippen LogP contribution < -0.4 is 5.32 Å². The second-order valence-corrected chi connectivity index (χ2v) is 6.20. The van der Waals surface area contributed by atoms with Gasteiger partial charge in [0.1, 0.15) is 18.0 Å². The molecular weight excluding hydrogens is 343 g/mol. The highest BCUT2D eigenvalue weighted by Crippen LogP contribution is 2.30. The monoisotopic (exact) mass is 359 g/mol. The van der Waals surface area contributed by atoms with E-state index in [0.717, 1.165) is 10.6 Å². The number of ether oxygens (including phenoxy) is 1. The first-order chi connectivity index (χ1) is 11.4. The van der Waals surface area contributed by atoms with Crippen LogP contribution in [0.15, 0.2) is 18.2 Å². The standard InChI is InChI=1S/C15H16F3N3O4/c1-14(2,3)25-12(22)7-19-11-5-4-8(13(23)24)9-6-10(15(16,17)18)20-21(9)11/h4-6,19H,7H2,1-3H3,(H,23,24). The van der Waals surface area contributed by atoms with E-state index in [1.165, 1.54) is 6.07 Å². The fourth-order valence-corrected chi connectivity index (χ4v) is 2.07. The lowest BCUT2D eigenvalue weighted by Crippen LogP contribution is -2.28. The zero-order valence-corrected chi connectivity index (χ0v) is 13.6. The molecule has 2 aromatic rings. The van der Waals surface area contributed by atoms with Crippen LogP contribution in [-0.2, 0) is 15.7 Å². The lowest BCUT2D eigenvalue weighted by molar-refractivity contribution is -0.152. The van der Waals surface area contributed by atoms with Gasteiger partial charge in [-0.25, -0.2) is 9.31 Å². The van der Waals surface area contributed by atoms with Crippen molar-refractivity contribution < 1.29 is 32.6 Å². The van der Waals surface area contributed by atoms with E-state index in [2.05, 4.69) is 10.4 Å². The van der Waals surface area contributed by atoms with Gasteiger partial charge >= 0.3 is 18.1 Å². The second-order valence-electron chi connectivity index (χ2n) is 6.20. The molecule has 7 nitrogen and oxygen atoms in total. The van der Waals surface area contributed by atoms with Crippen molar-refractivity contribution >= 4 is 23.3 Å². The van der Waals surface area contributed by atoms with E-state index in [4.69, 9.17) is 9.84 Å². The molecule has 0 spiro atoms. The quantitative estimate of drug-likeness (QED) is 0.816. The molecular formula is C15H16F3N3O4. The van der Waals surface area contributed by atoms with Crippen molar-refractivity contribution in [2.45, 2.75) is 32.5 Å². The van der Waals surface area contributed by atoms with Gasteiger partial charge in [-0.15, -0.1) is 0 Å². The van der Waals surface area contributed by atoms with Crippen LogP contribution in [0.1, 0.15) is 36.8 Å². The smallest absolute Gasteiger partial charge is 0.435 e. The molecule has 2 heterocycles. The summed E-state index contributed by atoms with van der Waals surface area (Å²) in [6.45, 7) is 4.70. The van der Waals surface area contributed by atoms with Crippen molar-refractivity contribution in [3.8, 4) is 0 Å². The SMILES string of the molecule is CC(C)(C)OC(=O)CNc1ccc(C(=O)O)c2cc(C(F)(F)F)nn12. The number of carbonyl (C=O) groups is 2. The Labute approximate surface area is 140 Å². The average Bonchev–Trinajstić information content (AvgIpc) is 2.87. The summed E-state index contributed by atoms with van der Waals surface area (Å²) >= 11 is 0. The number of rotatable bonds is 4. The van der Waals surface area contributed by atoms with Gasteiger partial charge in [-0.1, -0.05) is 0 Å². The first-order valence-corrected chi connectivity index (χ1v) is 7.17. The Balaban J connectivity index is 2.37. The van der Waals surface area contributed by atoms with E-state index >= 15 is 0 Å². The van der Waals surface area contributed by atoms with Crippen molar-refractivity contribution in [3.05, 3.63) is 29.5 Å². The van der Waals surface area contributed by atoms with Crippen LogP contribution in [0.25, 0.3) is 5.52 Å². The number of esters is 1. The molecule has 0 radical (unpaired) electrons. The Bertz CT molecular complexity index is 822. The third-order valence-electron chi connectivity index (χ3n) is 2.98. The molecule has 0 aliphatic heterocycles. The topological polar surface area (TPSA) is 92.9 Å². The number of nitrogens with zero attached hydrogens (tertiary/aromatic N) is 2. The number of aromatic nitrogens is 2. The van der Waals surface area contributed by atoms with Gasteiger partial charge in [-0.3, -0.25) is 4.79 Å². The number of hydrogen-bond donors (Lipinski definition) is 2. The molecule has 0 bridgehead atoms. The first kappa shape index (κ1) is 18.6. The molecule has 0 saturated heterocycles. The van der Waals surface area contributed by atoms with E-state index in [1.807, 2.05) is 0 Å². The third kappa shape index (κ3) is 4.40. The summed E-state index contributed by atoms with van der Waals surface area (Å²) in [5, 5.41) is 15.1. The molecule has 2 N–H and O–H groups in total. The maximum Gasteiger partial charge on any atom is 0.435 e. The molecule has 0 amide bonds. The van der Waals surface area contributed by atoms with Gasteiger partial charge in [-0.05, 0) is 39.0 Å². The number of aromatic carboxylic acids is 1. The fraction of sp³-hybridized carbons (Fsp3) is 0.400. The lowest BCUT2D eigenvalue weighted by Gasteiger charge is -2.19. The number of carbonyl (C=O) groups excluding carboxylic acids is 1. The Morgan fingerprint density at radius 3 is 2.44 bits per heavy atom. The van der Waals surface area contributed by atoms with E-state index in [-0.39, 0.29) is 23.4 Å². The molecule has 2 aromatic heterocycles. The van der Waals surface area contributed by atoms with Crippen molar-refractivity contribution in [2.75, 3.05) is 11.9 Å². The zero-order chi connectivity index (χ0) is 19.0. The van der Waals surface area contributed by atoms with E-state index in [0.29, 0.717) is 6.07 Å². The number of fused-ring (bicyclic) bond motifs is 1.